The molecule has 0 bridgehead atoms. The summed E-state index contributed by atoms with van der Waals surface area (Å²) >= 11 is 0. The van der Waals surface area contributed by atoms with Crippen LogP contribution >= 0.6 is 0 Å². The summed E-state index contributed by atoms with van der Waals surface area (Å²) in [7, 11) is 0. The molecule has 0 fully saturated rings. The first-order chi connectivity index (χ1) is 7.68. The second-order valence-electron chi connectivity index (χ2n) is 3.51. The first kappa shape index (κ1) is 8.84. The Labute approximate surface area is 87.9 Å². The van der Waals surface area contributed by atoms with Gasteiger partial charge in [-0.3, -0.25) is 14.6 Å². The van der Waals surface area contributed by atoms with E-state index in [-0.39, 0.29) is 0 Å². The van der Waals surface area contributed by atoms with E-state index < -0.39 is 16.8 Å². The Morgan fingerprint density at radius 1 is 1.00 bits per heavy atom. The fraction of sp³-hybridized carbons (Fsp3) is 0. The van der Waals surface area contributed by atoms with Crippen LogP contribution in [0.4, 0.5) is 0 Å². The minimum atomic E-state index is -0.695. The summed E-state index contributed by atoms with van der Waals surface area (Å²) in [6.45, 7) is 0. The maximum Gasteiger partial charge on any atom is 0.335 e. The van der Waals surface area contributed by atoms with E-state index in [0.717, 1.165) is 4.40 Å². The van der Waals surface area contributed by atoms with Crippen LogP contribution in [-0.2, 0) is 0 Å². The predicted molar refractivity (Wildman–Crippen MR) is 59.2 cm³/mol. The third-order valence-electron chi connectivity index (χ3n) is 2.58. The van der Waals surface area contributed by atoms with Gasteiger partial charge in [-0.25, -0.2) is 9.20 Å². The van der Waals surface area contributed by atoms with Gasteiger partial charge in [0.2, 0.25) is 0 Å². The molecule has 0 saturated carbocycles. The molecule has 5 nitrogen and oxygen atoms in total. The van der Waals surface area contributed by atoms with Crippen LogP contribution in [0.2, 0.25) is 0 Å². The number of aromatic amines is 1. The highest BCUT2D eigenvalue weighted by molar-refractivity contribution is 5.94. The molecule has 0 radical (unpaired) electrons. The maximum absolute atomic E-state index is 11.6. The topological polar surface area (TPSA) is 71.4 Å². The van der Waals surface area contributed by atoms with Gasteiger partial charge in [-0.15, -0.1) is 0 Å². The van der Waals surface area contributed by atoms with Crippen molar-refractivity contribution >= 4 is 16.3 Å². The van der Waals surface area contributed by atoms with Crippen LogP contribution in [0, 0.1) is 0 Å². The Morgan fingerprint density at radius 2 is 1.81 bits per heavy atom. The number of H-pyrrole nitrogens is 1. The summed E-state index contributed by atoms with van der Waals surface area (Å²) in [5.74, 6) is 0. The molecule has 78 valence electrons. The van der Waals surface area contributed by atoms with Crippen molar-refractivity contribution in [1.29, 1.82) is 0 Å². The standard InChI is InChI=1S/C11H6N2O3/c14-8-5-4-6-2-1-3-7-9(6)13(8)11(16)12-10(7)15/h1-5H,(H,12,15,16). The van der Waals surface area contributed by atoms with Gasteiger partial charge in [0.15, 0.2) is 0 Å². The molecular formula is C11H6N2O3. The number of rotatable bonds is 0. The van der Waals surface area contributed by atoms with Crippen LogP contribution in [0.5, 0.6) is 0 Å². The third-order valence-corrected chi connectivity index (χ3v) is 2.58. The van der Waals surface area contributed by atoms with Crippen LogP contribution < -0.4 is 16.8 Å². The summed E-state index contributed by atoms with van der Waals surface area (Å²) in [6, 6.07) is 7.95. The molecule has 16 heavy (non-hydrogen) atoms. The highest BCUT2D eigenvalue weighted by atomic mass is 16.2. The quantitative estimate of drug-likeness (QED) is 0.569. The summed E-state index contributed by atoms with van der Waals surface area (Å²) < 4.78 is 0.978. The minimum absolute atomic E-state index is 0.342. The number of nitrogens with zero attached hydrogens (tertiary/aromatic N) is 1. The van der Waals surface area contributed by atoms with Crippen molar-refractivity contribution in [3.05, 3.63) is 61.5 Å². The predicted octanol–water partition coefficient (Wildman–Crippen LogP) is -0.0610. The second kappa shape index (κ2) is 2.79. The van der Waals surface area contributed by atoms with Gasteiger partial charge in [-0.05, 0) is 17.5 Å². The first-order valence-corrected chi connectivity index (χ1v) is 4.69. The molecule has 0 atom stereocenters. The van der Waals surface area contributed by atoms with Crippen molar-refractivity contribution in [3.63, 3.8) is 0 Å². The number of nitrogens with one attached hydrogen (secondary N) is 1. The molecule has 1 aromatic carbocycles. The van der Waals surface area contributed by atoms with E-state index in [0.29, 0.717) is 16.3 Å². The lowest BCUT2D eigenvalue weighted by Crippen LogP contribution is -2.33. The average Bonchev–Trinajstić information content (AvgIpc) is 2.26. The Kier molecular flexibility index (Phi) is 1.54. The fourth-order valence-corrected chi connectivity index (χ4v) is 1.90. The summed E-state index contributed by atoms with van der Waals surface area (Å²) in [6.07, 6.45) is 0. The molecular weight excluding hydrogens is 208 g/mol. The van der Waals surface area contributed by atoms with E-state index in [1.807, 2.05) is 0 Å². The SMILES string of the molecule is O=c1[nH]c(=O)n2c(=O)ccc3cccc1c32. The van der Waals surface area contributed by atoms with E-state index in [2.05, 4.69) is 4.98 Å². The van der Waals surface area contributed by atoms with E-state index in [1.165, 1.54) is 6.07 Å². The molecule has 0 spiro atoms. The molecule has 0 saturated heterocycles. The lowest BCUT2D eigenvalue weighted by molar-refractivity contribution is 0.953. The van der Waals surface area contributed by atoms with Crippen LogP contribution in [-0.4, -0.2) is 9.38 Å². The zero-order valence-electron chi connectivity index (χ0n) is 8.06. The highest BCUT2D eigenvalue weighted by Crippen LogP contribution is 2.13. The largest absolute Gasteiger partial charge is 0.335 e. The summed E-state index contributed by atoms with van der Waals surface area (Å²) in [5, 5.41) is 1.04. The monoisotopic (exact) mass is 214 g/mol. The fourth-order valence-electron chi connectivity index (χ4n) is 1.90. The zero-order valence-corrected chi connectivity index (χ0v) is 8.06. The lowest BCUT2D eigenvalue weighted by atomic mass is 10.1. The molecule has 3 aromatic rings. The Balaban J connectivity index is 2.92. The number of hydrogen-bond donors (Lipinski definition) is 1. The van der Waals surface area contributed by atoms with Gasteiger partial charge >= 0.3 is 5.69 Å². The van der Waals surface area contributed by atoms with Gasteiger partial charge in [-0.1, -0.05) is 12.1 Å². The third kappa shape index (κ3) is 0.967. The van der Waals surface area contributed by atoms with Gasteiger partial charge in [0.25, 0.3) is 11.1 Å². The van der Waals surface area contributed by atoms with Gasteiger partial charge in [-0.2, -0.15) is 0 Å². The van der Waals surface area contributed by atoms with Crippen molar-refractivity contribution in [2.24, 2.45) is 0 Å². The molecule has 2 heterocycles. The Hall–Kier alpha value is -2.43. The van der Waals surface area contributed by atoms with Crippen molar-refractivity contribution in [3.8, 4) is 0 Å². The molecule has 0 aliphatic rings. The van der Waals surface area contributed by atoms with Crippen molar-refractivity contribution in [1.82, 2.24) is 9.38 Å². The highest BCUT2D eigenvalue weighted by Gasteiger charge is 2.08. The van der Waals surface area contributed by atoms with Crippen LogP contribution in [0.25, 0.3) is 16.3 Å². The molecule has 0 aliphatic heterocycles. The summed E-state index contributed by atoms with van der Waals surface area (Å²) in [4.78, 5) is 36.8. The number of hydrogen-bond acceptors (Lipinski definition) is 3. The van der Waals surface area contributed by atoms with Crippen molar-refractivity contribution in [2.75, 3.05) is 0 Å². The molecule has 3 rings (SSSR count). The number of benzene rings is 1. The zero-order chi connectivity index (χ0) is 11.3. The minimum Gasteiger partial charge on any atom is -0.273 e. The van der Waals surface area contributed by atoms with E-state index in [1.54, 1.807) is 24.3 Å². The smallest absolute Gasteiger partial charge is 0.273 e. The van der Waals surface area contributed by atoms with Gasteiger partial charge < -0.3 is 0 Å². The number of para-hydroxylation sites is 1. The van der Waals surface area contributed by atoms with Crippen LogP contribution in [0.15, 0.2) is 44.7 Å². The van der Waals surface area contributed by atoms with Crippen LogP contribution in [0.3, 0.4) is 0 Å². The number of aromatic nitrogens is 2. The molecule has 1 N–H and O–H groups in total. The van der Waals surface area contributed by atoms with Gasteiger partial charge in [0.1, 0.15) is 0 Å². The average molecular weight is 214 g/mol. The van der Waals surface area contributed by atoms with Gasteiger partial charge in [0.05, 0.1) is 10.9 Å². The number of pyridine rings is 1. The van der Waals surface area contributed by atoms with Crippen molar-refractivity contribution < 1.29 is 0 Å². The second-order valence-corrected chi connectivity index (χ2v) is 3.51. The Morgan fingerprint density at radius 3 is 2.62 bits per heavy atom. The molecule has 5 heteroatoms. The Bertz CT molecular complexity index is 858. The first-order valence-electron chi connectivity index (χ1n) is 4.69. The van der Waals surface area contributed by atoms with Crippen LogP contribution in [0.1, 0.15) is 0 Å². The molecule has 2 aromatic heterocycles. The molecule has 0 amide bonds. The lowest BCUT2D eigenvalue weighted by Gasteiger charge is -2.03. The molecule has 0 unspecified atom stereocenters. The van der Waals surface area contributed by atoms with E-state index >= 15 is 0 Å². The van der Waals surface area contributed by atoms with E-state index in [4.69, 9.17) is 0 Å². The van der Waals surface area contributed by atoms with Crippen molar-refractivity contribution in [2.45, 2.75) is 0 Å². The van der Waals surface area contributed by atoms with Gasteiger partial charge in [0, 0.05) is 6.07 Å². The molecule has 0 aliphatic carbocycles. The van der Waals surface area contributed by atoms with E-state index in [9.17, 15) is 14.4 Å². The maximum atomic E-state index is 11.6. The summed E-state index contributed by atoms with van der Waals surface area (Å²) in [5.41, 5.74) is -1.23. The normalized spacial score (nSPS) is 11.2.